The fourth-order valence-corrected chi connectivity index (χ4v) is 2.42. The second kappa shape index (κ2) is 2.73. The minimum absolute atomic E-state index is 0.200. The quantitative estimate of drug-likeness (QED) is 0.622. The standard InChI is InChI=1S/C10H17ClO/c1-9(2)7(10(9,3)4)5-6-8(11)12/h7H,5-6H2,1-4H3. The molecule has 0 heterocycles. The highest BCUT2D eigenvalue weighted by Crippen LogP contribution is 2.69. The van der Waals surface area contributed by atoms with E-state index in [1.165, 1.54) is 0 Å². The van der Waals surface area contributed by atoms with Gasteiger partial charge < -0.3 is 0 Å². The molecule has 1 nitrogen and oxygen atoms in total. The van der Waals surface area contributed by atoms with Gasteiger partial charge in [-0.2, -0.15) is 0 Å². The number of rotatable bonds is 3. The summed E-state index contributed by atoms with van der Waals surface area (Å²) in [6.45, 7) is 9.04. The second-order valence-electron chi connectivity index (χ2n) is 4.89. The van der Waals surface area contributed by atoms with Crippen LogP contribution in [0.2, 0.25) is 0 Å². The van der Waals surface area contributed by atoms with E-state index in [1.54, 1.807) is 0 Å². The van der Waals surface area contributed by atoms with E-state index in [0.717, 1.165) is 6.42 Å². The molecule has 0 aromatic heterocycles. The lowest BCUT2D eigenvalue weighted by Crippen LogP contribution is -1.95. The molecule has 0 bridgehead atoms. The van der Waals surface area contributed by atoms with Crippen molar-refractivity contribution in [1.82, 2.24) is 0 Å². The van der Waals surface area contributed by atoms with Gasteiger partial charge in [-0.25, -0.2) is 0 Å². The zero-order valence-electron chi connectivity index (χ0n) is 8.28. The zero-order chi connectivity index (χ0) is 9.57. The highest BCUT2D eigenvalue weighted by atomic mass is 35.5. The zero-order valence-corrected chi connectivity index (χ0v) is 9.03. The van der Waals surface area contributed by atoms with Crippen molar-refractivity contribution < 1.29 is 4.79 Å². The summed E-state index contributed by atoms with van der Waals surface area (Å²) in [6, 6.07) is 0. The van der Waals surface area contributed by atoms with E-state index < -0.39 is 0 Å². The SMILES string of the molecule is CC1(C)C(CCC(=O)Cl)C1(C)C. The van der Waals surface area contributed by atoms with Gasteiger partial charge in [0.15, 0.2) is 0 Å². The van der Waals surface area contributed by atoms with Crippen LogP contribution in [0.1, 0.15) is 40.5 Å². The van der Waals surface area contributed by atoms with Crippen LogP contribution in [0.3, 0.4) is 0 Å². The second-order valence-corrected chi connectivity index (χ2v) is 5.31. The summed E-state index contributed by atoms with van der Waals surface area (Å²) in [5.74, 6) is 0.660. The van der Waals surface area contributed by atoms with Crippen molar-refractivity contribution in [3.63, 3.8) is 0 Å². The first kappa shape index (κ1) is 10.0. The van der Waals surface area contributed by atoms with Gasteiger partial charge in [-0.1, -0.05) is 27.7 Å². The molecule has 0 unspecified atom stereocenters. The van der Waals surface area contributed by atoms with Crippen LogP contribution in [0, 0.1) is 16.7 Å². The molecule has 0 N–H and O–H groups in total. The Kier molecular flexibility index (Phi) is 2.28. The van der Waals surface area contributed by atoms with E-state index in [0.29, 0.717) is 23.2 Å². The van der Waals surface area contributed by atoms with Gasteiger partial charge in [-0.15, -0.1) is 0 Å². The molecule has 1 rings (SSSR count). The van der Waals surface area contributed by atoms with Gasteiger partial charge >= 0.3 is 0 Å². The molecule has 0 aromatic rings. The minimum atomic E-state index is -0.200. The number of carbonyl (C=O) groups is 1. The number of hydrogen-bond acceptors (Lipinski definition) is 1. The van der Waals surface area contributed by atoms with Crippen LogP contribution in [0.4, 0.5) is 0 Å². The molecule has 0 aromatic carbocycles. The Bertz CT molecular complexity index is 192. The predicted molar refractivity (Wildman–Crippen MR) is 51.1 cm³/mol. The molecule has 12 heavy (non-hydrogen) atoms. The van der Waals surface area contributed by atoms with Crippen molar-refractivity contribution in [2.24, 2.45) is 16.7 Å². The first-order valence-corrected chi connectivity index (χ1v) is 4.86. The van der Waals surface area contributed by atoms with Crippen molar-refractivity contribution in [2.75, 3.05) is 0 Å². The molecule has 1 saturated carbocycles. The number of halogens is 1. The van der Waals surface area contributed by atoms with Crippen molar-refractivity contribution in [1.29, 1.82) is 0 Å². The third-order valence-electron chi connectivity index (χ3n) is 3.95. The van der Waals surface area contributed by atoms with E-state index in [2.05, 4.69) is 27.7 Å². The van der Waals surface area contributed by atoms with Gasteiger partial charge in [-0.3, -0.25) is 4.79 Å². The smallest absolute Gasteiger partial charge is 0.221 e. The summed E-state index contributed by atoms with van der Waals surface area (Å²) < 4.78 is 0. The maximum absolute atomic E-state index is 10.6. The molecule has 0 aliphatic heterocycles. The van der Waals surface area contributed by atoms with Crippen molar-refractivity contribution >= 4 is 16.8 Å². The molecule has 70 valence electrons. The average molecular weight is 189 g/mol. The Morgan fingerprint density at radius 3 is 1.92 bits per heavy atom. The Balaban J connectivity index is 2.44. The molecule has 2 heteroatoms. The lowest BCUT2D eigenvalue weighted by molar-refractivity contribution is -0.111. The predicted octanol–water partition coefficient (Wildman–Crippen LogP) is 3.21. The Labute approximate surface area is 79.5 Å². The largest absolute Gasteiger partial charge is 0.281 e. The first-order valence-electron chi connectivity index (χ1n) is 4.48. The van der Waals surface area contributed by atoms with Gasteiger partial charge in [-0.05, 0) is 34.8 Å². The van der Waals surface area contributed by atoms with Gasteiger partial charge in [0, 0.05) is 6.42 Å². The van der Waals surface area contributed by atoms with Crippen LogP contribution >= 0.6 is 11.6 Å². The van der Waals surface area contributed by atoms with Gasteiger partial charge in [0.25, 0.3) is 0 Å². The molecular weight excluding hydrogens is 172 g/mol. The Morgan fingerprint density at radius 1 is 1.25 bits per heavy atom. The molecule has 0 atom stereocenters. The van der Waals surface area contributed by atoms with Crippen LogP contribution in [-0.2, 0) is 4.79 Å². The minimum Gasteiger partial charge on any atom is -0.281 e. The molecule has 1 aliphatic carbocycles. The van der Waals surface area contributed by atoms with Crippen LogP contribution in [0.25, 0.3) is 0 Å². The Hall–Kier alpha value is -0.0400. The summed E-state index contributed by atoms with van der Waals surface area (Å²) in [6.07, 6.45) is 1.47. The lowest BCUT2D eigenvalue weighted by Gasteiger charge is -2.04. The average Bonchev–Trinajstić information content (AvgIpc) is 2.21. The van der Waals surface area contributed by atoms with Gasteiger partial charge in [0.1, 0.15) is 0 Å². The highest BCUT2D eigenvalue weighted by molar-refractivity contribution is 6.63. The lowest BCUT2D eigenvalue weighted by atomic mass is 10.0. The molecule has 1 fully saturated rings. The molecule has 0 spiro atoms. The molecule has 0 saturated heterocycles. The number of hydrogen-bond donors (Lipinski definition) is 0. The normalized spacial score (nSPS) is 25.4. The summed E-state index contributed by atoms with van der Waals surface area (Å²) in [5.41, 5.74) is 0.776. The van der Waals surface area contributed by atoms with Crippen LogP contribution < -0.4 is 0 Å². The van der Waals surface area contributed by atoms with Crippen LogP contribution in [0.5, 0.6) is 0 Å². The molecule has 1 aliphatic rings. The van der Waals surface area contributed by atoms with Crippen molar-refractivity contribution in [3.8, 4) is 0 Å². The molecule has 0 radical (unpaired) electrons. The fourth-order valence-electron chi connectivity index (χ4n) is 2.31. The topological polar surface area (TPSA) is 17.1 Å². The first-order chi connectivity index (χ1) is 5.30. The van der Waals surface area contributed by atoms with Crippen LogP contribution in [0.15, 0.2) is 0 Å². The summed E-state index contributed by atoms with van der Waals surface area (Å²) >= 11 is 5.30. The van der Waals surface area contributed by atoms with Gasteiger partial charge in [0.2, 0.25) is 5.24 Å². The maximum atomic E-state index is 10.6. The summed E-state index contributed by atoms with van der Waals surface area (Å²) in [7, 11) is 0. The Morgan fingerprint density at radius 2 is 1.67 bits per heavy atom. The molecular formula is C10H17ClO. The van der Waals surface area contributed by atoms with E-state index in [-0.39, 0.29) is 5.24 Å². The van der Waals surface area contributed by atoms with Crippen LogP contribution in [-0.4, -0.2) is 5.24 Å². The van der Waals surface area contributed by atoms with Crippen molar-refractivity contribution in [3.05, 3.63) is 0 Å². The van der Waals surface area contributed by atoms with E-state index in [1.807, 2.05) is 0 Å². The fraction of sp³-hybridized carbons (Fsp3) is 0.900. The highest BCUT2D eigenvalue weighted by Gasteiger charge is 2.63. The van der Waals surface area contributed by atoms with Gasteiger partial charge in [0.05, 0.1) is 0 Å². The third-order valence-corrected chi connectivity index (χ3v) is 4.14. The number of carbonyl (C=O) groups excluding carboxylic acids is 1. The molecule has 0 amide bonds. The maximum Gasteiger partial charge on any atom is 0.221 e. The van der Waals surface area contributed by atoms with E-state index >= 15 is 0 Å². The van der Waals surface area contributed by atoms with E-state index in [4.69, 9.17) is 11.6 Å². The summed E-state index contributed by atoms with van der Waals surface area (Å²) in [5, 5.41) is -0.200. The summed E-state index contributed by atoms with van der Waals surface area (Å²) in [4.78, 5) is 10.6. The monoisotopic (exact) mass is 188 g/mol. The van der Waals surface area contributed by atoms with E-state index in [9.17, 15) is 4.79 Å². The van der Waals surface area contributed by atoms with Crippen molar-refractivity contribution in [2.45, 2.75) is 40.5 Å². The third kappa shape index (κ3) is 1.39.